The Kier molecular flexibility index (Phi) is 6.34. The van der Waals surface area contributed by atoms with Gasteiger partial charge in [0, 0.05) is 17.0 Å². The van der Waals surface area contributed by atoms with Crippen molar-refractivity contribution in [2.45, 2.75) is 58.0 Å². The molecule has 0 aliphatic carbocycles. The van der Waals surface area contributed by atoms with Crippen LogP contribution >= 0.6 is 11.8 Å². The second kappa shape index (κ2) is 7.54. The first-order chi connectivity index (χ1) is 8.19. The number of unbranched alkanes of at least 4 members (excludes halogenated alkanes) is 2. The fraction of sp³-hybridized carbons (Fsp3) is 0.692. The van der Waals surface area contributed by atoms with Gasteiger partial charge in [-0.25, -0.2) is 4.98 Å². The van der Waals surface area contributed by atoms with Crippen LogP contribution in [-0.4, -0.2) is 15.7 Å². The topological polar surface area (TPSA) is 45.8 Å². The fourth-order valence-electron chi connectivity index (χ4n) is 1.61. The van der Waals surface area contributed by atoms with Crippen molar-refractivity contribution in [1.82, 2.24) is 9.97 Å². The average Bonchev–Trinajstić information content (AvgIpc) is 2.28. The third-order valence-corrected chi connectivity index (χ3v) is 3.68. The molecule has 4 heteroatoms. The summed E-state index contributed by atoms with van der Waals surface area (Å²) in [6.45, 7) is 6.23. The van der Waals surface area contributed by atoms with Crippen LogP contribution in [0.2, 0.25) is 0 Å². The lowest BCUT2D eigenvalue weighted by molar-refractivity contribution is 0.757. The van der Waals surface area contributed by atoms with Gasteiger partial charge in [0.2, 0.25) is 0 Å². The van der Waals surface area contributed by atoms with Crippen LogP contribution in [0.3, 0.4) is 0 Å². The average molecular weight is 254 g/mol. The summed E-state index contributed by atoms with van der Waals surface area (Å²) in [5.41, 5.74) is 1.79. The largest absolute Gasteiger partial charge is 0.301 e. The van der Waals surface area contributed by atoms with Gasteiger partial charge in [-0.05, 0) is 26.2 Å². The number of hydrogen-bond donors (Lipinski definition) is 1. The second-order valence-electron chi connectivity index (χ2n) is 4.24. The quantitative estimate of drug-likeness (QED) is 0.461. The summed E-state index contributed by atoms with van der Waals surface area (Å²) in [6.07, 6.45) is 5.32. The molecule has 0 bridgehead atoms. The molecule has 0 saturated carbocycles. The SMILES string of the molecule is CCCCSc1nc(C)c(CCCC)c(=O)[nH]1. The van der Waals surface area contributed by atoms with Crippen LogP contribution in [0.25, 0.3) is 0 Å². The van der Waals surface area contributed by atoms with Crippen LogP contribution in [0.5, 0.6) is 0 Å². The summed E-state index contributed by atoms with van der Waals surface area (Å²) in [6, 6.07) is 0. The Morgan fingerprint density at radius 2 is 1.94 bits per heavy atom. The van der Waals surface area contributed by atoms with Crippen LogP contribution in [0, 0.1) is 6.92 Å². The smallest absolute Gasteiger partial charge is 0.254 e. The van der Waals surface area contributed by atoms with E-state index in [1.54, 1.807) is 11.8 Å². The van der Waals surface area contributed by atoms with Crippen molar-refractivity contribution in [2.24, 2.45) is 0 Å². The highest BCUT2D eigenvalue weighted by atomic mass is 32.2. The number of rotatable bonds is 7. The Morgan fingerprint density at radius 3 is 2.53 bits per heavy atom. The second-order valence-corrected chi connectivity index (χ2v) is 5.32. The molecule has 0 fully saturated rings. The summed E-state index contributed by atoms with van der Waals surface area (Å²) >= 11 is 1.64. The number of nitrogens with one attached hydrogen (secondary N) is 1. The van der Waals surface area contributed by atoms with Crippen LogP contribution in [0.1, 0.15) is 50.8 Å². The summed E-state index contributed by atoms with van der Waals surface area (Å²) in [7, 11) is 0. The molecule has 0 saturated heterocycles. The Labute approximate surface area is 107 Å². The highest BCUT2D eigenvalue weighted by molar-refractivity contribution is 7.99. The zero-order valence-electron chi connectivity index (χ0n) is 11.0. The minimum atomic E-state index is 0.0462. The van der Waals surface area contributed by atoms with E-state index in [9.17, 15) is 4.79 Å². The molecule has 0 radical (unpaired) electrons. The van der Waals surface area contributed by atoms with Gasteiger partial charge < -0.3 is 4.98 Å². The maximum atomic E-state index is 11.9. The molecule has 0 amide bonds. The van der Waals surface area contributed by atoms with Gasteiger partial charge in [0.15, 0.2) is 5.16 Å². The van der Waals surface area contributed by atoms with E-state index in [-0.39, 0.29) is 5.56 Å². The highest BCUT2D eigenvalue weighted by Crippen LogP contribution is 2.15. The number of hydrogen-bond acceptors (Lipinski definition) is 3. The normalized spacial score (nSPS) is 10.8. The van der Waals surface area contributed by atoms with Gasteiger partial charge in [-0.15, -0.1) is 0 Å². The van der Waals surface area contributed by atoms with E-state index in [4.69, 9.17) is 0 Å². The van der Waals surface area contributed by atoms with E-state index >= 15 is 0 Å². The van der Waals surface area contributed by atoms with E-state index in [0.717, 1.165) is 47.8 Å². The Morgan fingerprint density at radius 1 is 1.24 bits per heavy atom. The third-order valence-electron chi connectivity index (χ3n) is 2.72. The molecule has 1 rings (SSSR count). The summed E-state index contributed by atoms with van der Waals surface area (Å²) in [4.78, 5) is 19.2. The van der Waals surface area contributed by atoms with Crippen molar-refractivity contribution in [3.8, 4) is 0 Å². The molecule has 96 valence electrons. The molecule has 0 aliphatic heterocycles. The Balaban J connectivity index is 2.75. The van der Waals surface area contributed by atoms with Crippen LogP contribution in [0.4, 0.5) is 0 Å². The maximum absolute atomic E-state index is 11.9. The van der Waals surface area contributed by atoms with E-state index in [0.29, 0.717) is 0 Å². The van der Waals surface area contributed by atoms with Gasteiger partial charge in [0.25, 0.3) is 5.56 Å². The lowest BCUT2D eigenvalue weighted by Gasteiger charge is -2.06. The molecule has 0 atom stereocenters. The Hall–Kier alpha value is -0.770. The minimum absolute atomic E-state index is 0.0462. The summed E-state index contributed by atoms with van der Waals surface area (Å²) in [5.74, 6) is 1.02. The molecular weight excluding hydrogens is 232 g/mol. The van der Waals surface area contributed by atoms with Crippen molar-refractivity contribution in [3.05, 3.63) is 21.6 Å². The molecule has 0 aromatic carbocycles. The lowest BCUT2D eigenvalue weighted by atomic mass is 10.1. The van der Waals surface area contributed by atoms with E-state index < -0.39 is 0 Å². The van der Waals surface area contributed by atoms with Crippen LogP contribution in [0.15, 0.2) is 9.95 Å². The molecule has 0 aliphatic rings. The van der Waals surface area contributed by atoms with Crippen molar-refractivity contribution in [2.75, 3.05) is 5.75 Å². The predicted molar refractivity (Wildman–Crippen MR) is 73.8 cm³/mol. The number of H-pyrrole nitrogens is 1. The number of aromatic nitrogens is 2. The van der Waals surface area contributed by atoms with Crippen LogP contribution in [-0.2, 0) is 6.42 Å². The van der Waals surface area contributed by atoms with Gasteiger partial charge in [-0.3, -0.25) is 4.79 Å². The lowest BCUT2D eigenvalue weighted by Crippen LogP contribution is -2.17. The molecule has 1 aromatic rings. The van der Waals surface area contributed by atoms with Gasteiger partial charge in [-0.2, -0.15) is 0 Å². The van der Waals surface area contributed by atoms with E-state index in [1.165, 1.54) is 6.42 Å². The maximum Gasteiger partial charge on any atom is 0.254 e. The first kappa shape index (κ1) is 14.3. The molecule has 3 nitrogen and oxygen atoms in total. The first-order valence-corrected chi connectivity index (χ1v) is 7.40. The van der Waals surface area contributed by atoms with E-state index in [1.807, 2.05) is 6.92 Å². The molecular formula is C13H22N2OS. The zero-order chi connectivity index (χ0) is 12.7. The summed E-state index contributed by atoms with van der Waals surface area (Å²) in [5, 5.41) is 0.765. The van der Waals surface area contributed by atoms with Gasteiger partial charge in [0.1, 0.15) is 0 Å². The van der Waals surface area contributed by atoms with Gasteiger partial charge in [-0.1, -0.05) is 38.5 Å². The highest BCUT2D eigenvalue weighted by Gasteiger charge is 2.07. The Bertz CT molecular complexity index is 401. The van der Waals surface area contributed by atoms with Gasteiger partial charge >= 0.3 is 0 Å². The number of aromatic amines is 1. The molecule has 1 heterocycles. The van der Waals surface area contributed by atoms with Crippen molar-refractivity contribution < 1.29 is 0 Å². The van der Waals surface area contributed by atoms with Crippen LogP contribution < -0.4 is 5.56 Å². The molecule has 0 spiro atoms. The standard InChI is InChI=1S/C13H22N2OS/c1-4-6-8-11-10(3)14-13(15-12(11)16)17-9-7-5-2/h4-9H2,1-3H3,(H,14,15,16). The fourth-order valence-corrected chi connectivity index (χ4v) is 2.61. The third kappa shape index (κ3) is 4.54. The van der Waals surface area contributed by atoms with Crippen molar-refractivity contribution >= 4 is 11.8 Å². The zero-order valence-corrected chi connectivity index (χ0v) is 11.8. The molecule has 1 aromatic heterocycles. The number of thioether (sulfide) groups is 1. The molecule has 1 N–H and O–H groups in total. The van der Waals surface area contributed by atoms with Crippen molar-refractivity contribution in [3.63, 3.8) is 0 Å². The van der Waals surface area contributed by atoms with Crippen molar-refractivity contribution in [1.29, 1.82) is 0 Å². The first-order valence-electron chi connectivity index (χ1n) is 6.41. The molecule has 0 unspecified atom stereocenters. The summed E-state index contributed by atoms with van der Waals surface area (Å²) < 4.78 is 0. The van der Waals surface area contributed by atoms with Gasteiger partial charge in [0.05, 0.1) is 0 Å². The number of nitrogens with zero attached hydrogens (tertiary/aromatic N) is 1. The monoisotopic (exact) mass is 254 g/mol. The van der Waals surface area contributed by atoms with E-state index in [2.05, 4.69) is 23.8 Å². The molecule has 17 heavy (non-hydrogen) atoms. The minimum Gasteiger partial charge on any atom is -0.301 e. The number of aryl methyl sites for hydroxylation is 1. The predicted octanol–water partition coefficient (Wildman–Crippen LogP) is 3.31.